The summed E-state index contributed by atoms with van der Waals surface area (Å²) >= 11 is 0. The van der Waals surface area contributed by atoms with Crippen LogP contribution in [0.25, 0.3) is 0 Å². The number of aliphatic hydroxyl groups is 1. The fourth-order valence-electron chi connectivity index (χ4n) is 1.78. The average Bonchev–Trinajstić information content (AvgIpc) is 2.95. The monoisotopic (exact) mass is 275 g/mol. The molecule has 0 aliphatic heterocycles. The van der Waals surface area contributed by atoms with Crippen LogP contribution in [0.2, 0.25) is 0 Å². The quantitative estimate of drug-likeness (QED) is 0.636. The first kappa shape index (κ1) is 13.8. The molecule has 0 radical (unpaired) electrons. The Morgan fingerprint density at radius 2 is 2.00 bits per heavy atom. The van der Waals surface area contributed by atoms with E-state index < -0.39 is 17.9 Å². The van der Waals surface area contributed by atoms with Gasteiger partial charge in [-0.25, -0.2) is 9.78 Å². The number of aromatic carboxylic acids is 1. The number of aromatic nitrogens is 2. The fourth-order valence-corrected chi connectivity index (χ4v) is 1.78. The number of hydrogen-bond acceptors (Lipinski definition) is 4. The second kappa shape index (κ2) is 5.98. The van der Waals surface area contributed by atoms with Gasteiger partial charge >= 0.3 is 5.97 Å². The molecule has 1 atom stereocenters. The molecule has 0 saturated heterocycles. The van der Waals surface area contributed by atoms with Gasteiger partial charge in [-0.05, 0) is 5.56 Å². The summed E-state index contributed by atoms with van der Waals surface area (Å²) in [6.07, 6.45) is 1.13. The highest BCUT2D eigenvalue weighted by atomic mass is 16.4. The van der Waals surface area contributed by atoms with Gasteiger partial charge in [-0.3, -0.25) is 4.79 Å². The third-order valence-electron chi connectivity index (χ3n) is 2.76. The lowest BCUT2D eigenvalue weighted by molar-refractivity contribution is 0.0684. The standard InChI is InChI=1S/C13H13N3O4/c17-6-9(8-4-2-1-3-5-8)16-12(18)10-11(13(19)20)15-7-14-10/h1-5,7,9,17H,6H2,(H,14,15)(H,16,18)(H,19,20)/t9-/m0/s1. The number of carbonyl (C=O) groups is 2. The number of aliphatic hydroxyl groups excluding tert-OH is 1. The molecule has 0 aliphatic carbocycles. The third kappa shape index (κ3) is 2.83. The van der Waals surface area contributed by atoms with Gasteiger partial charge in [-0.1, -0.05) is 30.3 Å². The summed E-state index contributed by atoms with van der Waals surface area (Å²) in [5, 5.41) is 20.8. The lowest BCUT2D eigenvalue weighted by Crippen LogP contribution is -2.32. The van der Waals surface area contributed by atoms with Crippen molar-refractivity contribution in [2.75, 3.05) is 6.61 Å². The molecule has 0 saturated carbocycles. The second-order valence-electron chi connectivity index (χ2n) is 4.05. The second-order valence-corrected chi connectivity index (χ2v) is 4.05. The summed E-state index contributed by atoms with van der Waals surface area (Å²) in [5.74, 6) is -1.93. The first-order valence-electron chi connectivity index (χ1n) is 5.86. The van der Waals surface area contributed by atoms with Gasteiger partial charge in [0.05, 0.1) is 19.0 Å². The summed E-state index contributed by atoms with van der Waals surface area (Å²) in [6, 6.07) is 8.26. The Hall–Kier alpha value is -2.67. The molecule has 7 nitrogen and oxygen atoms in total. The summed E-state index contributed by atoms with van der Waals surface area (Å²) in [5.41, 5.74) is 0.217. The molecule has 20 heavy (non-hydrogen) atoms. The van der Waals surface area contributed by atoms with Crippen LogP contribution in [-0.4, -0.2) is 38.7 Å². The third-order valence-corrected chi connectivity index (χ3v) is 2.76. The number of carbonyl (C=O) groups excluding carboxylic acids is 1. The lowest BCUT2D eigenvalue weighted by Gasteiger charge is -2.16. The number of benzene rings is 1. The van der Waals surface area contributed by atoms with Crippen molar-refractivity contribution in [3.05, 3.63) is 53.6 Å². The normalized spacial score (nSPS) is 11.8. The molecule has 2 aromatic rings. The van der Waals surface area contributed by atoms with Gasteiger partial charge in [0.15, 0.2) is 11.4 Å². The molecule has 0 fully saturated rings. The predicted octanol–water partition coefficient (Wildman–Crippen LogP) is 0.571. The molecule has 7 heteroatoms. The van der Waals surface area contributed by atoms with Crippen LogP contribution in [-0.2, 0) is 0 Å². The van der Waals surface area contributed by atoms with E-state index in [9.17, 15) is 14.7 Å². The van der Waals surface area contributed by atoms with Crippen molar-refractivity contribution in [2.24, 2.45) is 0 Å². The van der Waals surface area contributed by atoms with E-state index in [-0.39, 0.29) is 18.0 Å². The van der Waals surface area contributed by atoms with Gasteiger partial charge in [-0.2, -0.15) is 0 Å². The van der Waals surface area contributed by atoms with Crippen molar-refractivity contribution < 1.29 is 19.8 Å². The molecule has 0 bridgehead atoms. The molecule has 1 amide bonds. The Balaban J connectivity index is 2.18. The highest BCUT2D eigenvalue weighted by Crippen LogP contribution is 2.13. The Labute approximate surface area is 114 Å². The van der Waals surface area contributed by atoms with Crippen molar-refractivity contribution >= 4 is 11.9 Å². The molecular weight excluding hydrogens is 262 g/mol. The number of rotatable bonds is 5. The number of H-pyrrole nitrogens is 1. The van der Waals surface area contributed by atoms with Crippen LogP contribution in [0.15, 0.2) is 36.7 Å². The number of hydrogen-bond donors (Lipinski definition) is 4. The summed E-state index contributed by atoms with van der Waals surface area (Å²) in [4.78, 5) is 29.0. The highest BCUT2D eigenvalue weighted by molar-refractivity contribution is 6.02. The first-order chi connectivity index (χ1) is 9.63. The Morgan fingerprint density at radius 1 is 1.30 bits per heavy atom. The van der Waals surface area contributed by atoms with E-state index in [0.717, 1.165) is 11.9 Å². The molecule has 0 spiro atoms. The largest absolute Gasteiger partial charge is 0.477 e. The van der Waals surface area contributed by atoms with Crippen LogP contribution in [0.3, 0.4) is 0 Å². The van der Waals surface area contributed by atoms with Crippen LogP contribution in [0.4, 0.5) is 0 Å². The molecule has 2 rings (SSSR count). The van der Waals surface area contributed by atoms with E-state index in [1.165, 1.54) is 0 Å². The molecule has 104 valence electrons. The number of amides is 1. The number of nitrogens with zero attached hydrogens (tertiary/aromatic N) is 1. The van der Waals surface area contributed by atoms with Crippen LogP contribution in [0.5, 0.6) is 0 Å². The molecule has 1 aromatic heterocycles. The molecule has 0 unspecified atom stereocenters. The number of carboxylic acid groups (broad SMARTS) is 1. The van der Waals surface area contributed by atoms with Crippen molar-refractivity contribution in [1.29, 1.82) is 0 Å². The van der Waals surface area contributed by atoms with Gasteiger partial charge in [0.25, 0.3) is 5.91 Å². The van der Waals surface area contributed by atoms with E-state index >= 15 is 0 Å². The maximum absolute atomic E-state index is 12.0. The summed E-state index contributed by atoms with van der Waals surface area (Å²) in [7, 11) is 0. The van der Waals surface area contributed by atoms with Crippen molar-refractivity contribution in [3.63, 3.8) is 0 Å². The smallest absolute Gasteiger partial charge is 0.354 e. The van der Waals surface area contributed by atoms with E-state index in [0.29, 0.717) is 0 Å². The van der Waals surface area contributed by atoms with E-state index in [2.05, 4.69) is 15.3 Å². The molecular formula is C13H13N3O4. The summed E-state index contributed by atoms with van der Waals surface area (Å²) in [6.45, 7) is -0.303. The SMILES string of the molecule is O=C(N[C@@H](CO)c1ccccc1)c1nc[nH]c1C(=O)O. The van der Waals surface area contributed by atoms with Crippen LogP contribution in [0, 0.1) is 0 Å². The number of carboxylic acids is 1. The number of imidazole rings is 1. The Morgan fingerprint density at radius 3 is 2.60 bits per heavy atom. The first-order valence-corrected chi connectivity index (χ1v) is 5.86. The Bertz CT molecular complexity index is 609. The zero-order valence-electron chi connectivity index (χ0n) is 10.4. The van der Waals surface area contributed by atoms with E-state index in [4.69, 9.17) is 5.11 Å². The van der Waals surface area contributed by atoms with Gasteiger partial charge in [0.2, 0.25) is 0 Å². The maximum atomic E-state index is 12.0. The fraction of sp³-hybridized carbons (Fsp3) is 0.154. The van der Waals surface area contributed by atoms with Crippen molar-refractivity contribution in [3.8, 4) is 0 Å². The minimum Gasteiger partial charge on any atom is -0.477 e. The highest BCUT2D eigenvalue weighted by Gasteiger charge is 2.22. The van der Waals surface area contributed by atoms with Crippen molar-refractivity contribution in [1.82, 2.24) is 15.3 Å². The minimum atomic E-state index is -1.27. The van der Waals surface area contributed by atoms with Gasteiger partial charge in [0, 0.05) is 0 Å². The molecule has 4 N–H and O–H groups in total. The average molecular weight is 275 g/mol. The molecule has 0 aliphatic rings. The van der Waals surface area contributed by atoms with Crippen LogP contribution >= 0.6 is 0 Å². The number of aromatic amines is 1. The lowest BCUT2D eigenvalue weighted by atomic mass is 10.1. The van der Waals surface area contributed by atoms with E-state index in [1.807, 2.05) is 6.07 Å². The van der Waals surface area contributed by atoms with Crippen LogP contribution < -0.4 is 5.32 Å². The number of nitrogens with one attached hydrogen (secondary N) is 2. The molecule has 1 aromatic carbocycles. The van der Waals surface area contributed by atoms with E-state index in [1.54, 1.807) is 24.3 Å². The maximum Gasteiger partial charge on any atom is 0.354 e. The van der Waals surface area contributed by atoms with Gasteiger partial charge in [0.1, 0.15) is 0 Å². The zero-order valence-corrected chi connectivity index (χ0v) is 10.4. The zero-order chi connectivity index (χ0) is 14.5. The minimum absolute atomic E-state index is 0.216. The summed E-state index contributed by atoms with van der Waals surface area (Å²) < 4.78 is 0. The van der Waals surface area contributed by atoms with Gasteiger partial charge in [-0.15, -0.1) is 0 Å². The Kier molecular flexibility index (Phi) is 4.11. The molecule has 1 heterocycles. The van der Waals surface area contributed by atoms with Gasteiger partial charge < -0.3 is 20.5 Å². The predicted molar refractivity (Wildman–Crippen MR) is 69.3 cm³/mol. The van der Waals surface area contributed by atoms with Crippen LogP contribution in [0.1, 0.15) is 32.6 Å². The van der Waals surface area contributed by atoms with Crippen molar-refractivity contribution in [2.45, 2.75) is 6.04 Å². The topological polar surface area (TPSA) is 115 Å².